The Balaban J connectivity index is 1.84. The number of fused-ring (bicyclic) bond motifs is 3. The van der Waals surface area contributed by atoms with Gasteiger partial charge in [-0.2, -0.15) is 0 Å². The van der Waals surface area contributed by atoms with Gasteiger partial charge in [0.25, 0.3) is 0 Å². The summed E-state index contributed by atoms with van der Waals surface area (Å²) in [6.07, 6.45) is 3.77. The van der Waals surface area contributed by atoms with Crippen molar-refractivity contribution in [1.29, 1.82) is 0 Å². The second kappa shape index (κ2) is 9.90. The van der Waals surface area contributed by atoms with Gasteiger partial charge in [-0.15, -0.1) is 0 Å². The summed E-state index contributed by atoms with van der Waals surface area (Å²) in [7, 11) is 0. The van der Waals surface area contributed by atoms with Gasteiger partial charge in [-0.25, -0.2) is 9.78 Å². The summed E-state index contributed by atoms with van der Waals surface area (Å²) in [5, 5.41) is 3.43. The van der Waals surface area contributed by atoms with E-state index in [-0.39, 0.29) is 12.0 Å². The molecular formula is C26H31N3O3. The molecule has 2 aromatic carbocycles. The summed E-state index contributed by atoms with van der Waals surface area (Å²) in [5.74, 6) is 1.29. The largest absolute Gasteiger partial charge is 0.494 e. The highest BCUT2D eigenvalue weighted by atomic mass is 16.5. The summed E-state index contributed by atoms with van der Waals surface area (Å²) < 4.78 is 13.5. The molecule has 1 aromatic heterocycles. The quantitative estimate of drug-likeness (QED) is 0.339. The molecule has 2 heterocycles. The monoisotopic (exact) mass is 433 g/mol. The van der Waals surface area contributed by atoms with Crippen LogP contribution in [0.25, 0.3) is 11.0 Å². The number of imidazole rings is 1. The Labute approximate surface area is 189 Å². The van der Waals surface area contributed by atoms with Gasteiger partial charge < -0.3 is 14.8 Å². The Morgan fingerprint density at radius 3 is 2.56 bits per heavy atom. The maximum Gasteiger partial charge on any atom is 0.338 e. The van der Waals surface area contributed by atoms with E-state index < -0.39 is 0 Å². The molecule has 0 radical (unpaired) electrons. The summed E-state index contributed by atoms with van der Waals surface area (Å²) >= 11 is 0. The molecule has 32 heavy (non-hydrogen) atoms. The Hall–Kier alpha value is -3.28. The number of aromatic nitrogens is 2. The number of para-hydroxylation sites is 2. The van der Waals surface area contributed by atoms with Crippen LogP contribution in [0.2, 0.25) is 0 Å². The van der Waals surface area contributed by atoms with Gasteiger partial charge in [0.2, 0.25) is 5.95 Å². The van der Waals surface area contributed by atoms with Gasteiger partial charge in [-0.05, 0) is 49.6 Å². The molecular weight excluding hydrogens is 402 g/mol. The van der Waals surface area contributed by atoms with Gasteiger partial charge in [0, 0.05) is 5.70 Å². The van der Waals surface area contributed by atoms with E-state index in [1.807, 2.05) is 55.5 Å². The number of ether oxygens (including phenoxy) is 2. The van der Waals surface area contributed by atoms with E-state index in [9.17, 15) is 4.79 Å². The zero-order valence-electron chi connectivity index (χ0n) is 19.1. The number of rotatable bonds is 9. The lowest BCUT2D eigenvalue weighted by molar-refractivity contribution is -0.139. The molecule has 4 rings (SSSR count). The van der Waals surface area contributed by atoms with E-state index in [0.717, 1.165) is 59.7 Å². The zero-order valence-corrected chi connectivity index (χ0v) is 19.1. The minimum Gasteiger partial charge on any atom is -0.494 e. The maximum absolute atomic E-state index is 13.2. The number of anilines is 1. The molecule has 0 saturated heterocycles. The van der Waals surface area contributed by atoms with Crippen LogP contribution in [0.5, 0.6) is 5.75 Å². The van der Waals surface area contributed by atoms with Gasteiger partial charge in [0.05, 0.1) is 35.9 Å². The highest BCUT2D eigenvalue weighted by molar-refractivity contribution is 5.94. The van der Waals surface area contributed by atoms with E-state index in [1.165, 1.54) is 0 Å². The van der Waals surface area contributed by atoms with Crippen molar-refractivity contribution in [3.63, 3.8) is 0 Å². The molecule has 6 nitrogen and oxygen atoms in total. The Kier molecular flexibility index (Phi) is 6.78. The molecule has 0 saturated carbocycles. The number of allylic oxidation sites excluding steroid dienone is 1. The number of nitrogens with zero attached hydrogens (tertiary/aromatic N) is 2. The van der Waals surface area contributed by atoms with Crippen molar-refractivity contribution in [2.45, 2.75) is 52.5 Å². The minimum absolute atomic E-state index is 0.292. The van der Waals surface area contributed by atoms with Gasteiger partial charge >= 0.3 is 5.97 Å². The van der Waals surface area contributed by atoms with E-state index in [0.29, 0.717) is 18.8 Å². The molecule has 0 aliphatic carbocycles. The third kappa shape index (κ3) is 4.22. The van der Waals surface area contributed by atoms with Crippen LogP contribution in [0, 0.1) is 0 Å². The van der Waals surface area contributed by atoms with Crippen molar-refractivity contribution in [2.75, 3.05) is 18.5 Å². The number of hydrogen-bond donors (Lipinski definition) is 1. The van der Waals surface area contributed by atoms with Crippen LogP contribution in [0.1, 0.15) is 58.1 Å². The van der Waals surface area contributed by atoms with Crippen molar-refractivity contribution in [1.82, 2.24) is 9.55 Å². The fraction of sp³-hybridized carbons (Fsp3) is 0.385. The highest BCUT2D eigenvalue weighted by Crippen LogP contribution is 2.41. The lowest BCUT2D eigenvalue weighted by atomic mass is 9.93. The number of hydrogen-bond acceptors (Lipinski definition) is 5. The molecule has 0 bridgehead atoms. The molecule has 168 valence electrons. The van der Waals surface area contributed by atoms with Gasteiger partial charge in [-0.1, -0.05) is 51.0 Å². The predicted molar refractivity (Wildman–Crippen MR) is 127 cm³/mol. The summed E-state index contributed by atoms with van der Waals surface area (Å²) in [5.41, 5.74) is 4.38. The van der Waals surface area contributed by atoms with Crippen molar-refractivity contribution in [2.24, 2.45) is 0 Å². The van der Waals surface area contributed by atoms with Crippen LogP contribution < -0.4 is 10.1 Å². The Bertz CT molecular complexity index is 1120. The average molecular weight is 434 g/mol. The third-order valence-electron chi connectivity index (χ3n) is 5.67. The lowest BCUT2D eigenvalue weighted by Gasteiger charge is -2.31. The summed E-state index contributed by atoms with van der Waals surface area (Å²) in [6, 6.07) is 15.7. The van der Waals surface area contributed by atoms with Crippen molar-refractivity contribution >= 4 is 23.0 Å². The topological polar surface area (TPSA) is 65.4 Å². The molecule has 1 atom stereocenters. The van der Waals surface area contributed by atoms with Crippen molar-refractivity contribution < 1.29 is 14.3 Å². The SMILES string of the molecule is CCCCOc1ccc([C@@H]2C(C(=O)OCC)=C(CCC)Nc3nc4ccccc4n32)cc1. The maximum atomic E-state index is 13.2. The van der Waals surface area contributed by atoms with E-state index in [1.54, 1.807) is 0 Å². The first-order valence-electron chi connectivity index (χ1n) is 11.5. The number of benzene rings is 2. The first kappa shape index (κ1) is 21.9. The fourth-order valence-electron chi connectivity index (χ4n) is 4.18. The van der Waals surface area contributed by atoms with Gasteiger partial charge in [-0.3, -0.25) is 4.57 Å². The molecule has 1 aliphatic rings. The van der Waals surface area contributed by atoms with Crippen LogP contribution in [0.3, 0.4) is 0 Å². The third-order valence-corrected chi connectivity index (χ3v) is 5.67. The molecule has 3 aromatic rings. The number of nitrogens with one attached hydrogen (secondary N) is 1. The van der Waals surface area contributed by atoms with Crippen LogP contribution in [-0.2, 0) is 9.53 Å². The first-order valence-corrected chi connectivity index (χ1v) is 11.5. The molecule has 0 amide bonds. The van der Waals surface area contributed by atoms with Crippen LogP contribution in [-0.4, -0.2) is 28.7 Å². The van der Waals surface area contributed by atoms with E-state index >= 15 is 0 Å². The average Bonchev–Trinajstić information content (AvgIpc) is 3.17. The number of carbonyl (C=O) groups is 1. The van der Waals surface area contributed by atoms with Crippen LogP contribution >= 0.6 is 0 Å². The molecule has 0 fully saturated rings. The zero-order chi connectivity index (χ0) is 22.5. The van der Waals surface area contributed by atoms with E-state index in [4.69, 9.17) is 14.5 Å². The fourth-order valence-corrected chi connectivity index (χ4v) is 4.18. The molecule has 0 spiro atoms. The predicted octanol–water partition coefficient (Wildman–Crippen LogP) is 5.85. The van der Waals surface area contributed by atoms with Crippen LogP contribution in [0.4, 0.5) is 5.95 Å². The van der Waals surface area contributed by atoms with Crippen molar-refractivity contribution in [3.05, 3.63) is 65.4 Å². The summed E-state index contributed by atoms with van der Waals surface area (Å²) in [4.78, 5) is 18.0. The molecule has 1 N–H and O–H groups in total. The molecule has 6 heteroatoms. The Morgan fingerprint density at radius 2 is 1.84 bits per heavy atom. The second-order valence-corrected chi connectivity index (χ2v) is 7.96. The Morgan fingerprint density at radius 1 is 1.06 bits per heavy atom. The van der Waals surface area contributed by atoms with Crippen molar-refractivity contribution in [3.8, 4) is 5.75 Å². The highest BCUT2D eigenvalue weighted by Gasteiger charge is 2.35. The lowest BCUT2D eigenvalue weighted by Crippen LogP contribution is -2.29. The standard InChI is InChI=1S/C26H31N3O3/c1-4-7-17-32-19-15-13-18(14-16-19)24-23(25(30)31-6-3)21(10-5-2)28-26-27-20-11-8-9-12-22(20)29(24)26/h8-9,11-16,24H,4-7,10,17H2,1-3H3,(H,27,28)/t24-/m1/s1. The van der Waals surface area contributed by atoms with Gasteiger partial charge in [0.15, 0.2) is 0 Å². The van der Waals surface area contributed by atoms with Crippen LogP contribution in [0.15, 0.2) is 59.8 Å². The number of esters is 1. The molecule has 1 aliphatic heterocycles. The smallest absolute Gasteiger partial charge is 0.338 e. The minimum atomic E-state index is -0.330. The molecule has 0 unspecified atom stereocenters. The first-order chi connectivity index (χ1) is 15.7. The number of unbranched alkanes of at least 4 members (excludes halogenated alkanes) is 1. The number of carbonyl (C=O) groups excluding carboxylic acids is 1. The normalized spacial score (nSPS) is 15.4. The summed E-state index contributed by atoms with van der Waals surface area (Å²) in [6.45, 7) is 7.12. The second-order valence-electron chi connectivity index (χ2n) is 7.96. The van der Waals surface area contributed by atoms with Gasteiger partial charge in [0.1, 0.15) is 5.75 Å². The van der Waals surface area contributed by atoms with E-state index in [2.05, 4.69) is 23.7 Å².